The van der Waals surface area contributed by atoms with E-state index in [4.69, 9.17) is 0 Å². The number of benzene rings is 1. The summed E-state index contributed by atoms with van der Waals surface area (Å²) in [6.07, 6.45) is 0.567. The van der Waals surface area contributed by atoms with Crippen molar-refractivity contribution in [2.75, 3.05) is 7.05 Å². The summed E-state index contributed by atoms with van der Waals surface area (Å²) in [4.78, 5) is 32.6. The molecule has 0 unspecified atom stereocenters. The average molecular weight is 315 g/mol. The number of amides is 1. The Morgan fingerprint density at radius 3 is 2.65 bits per heavy atom. The fourth-order valence-corrected chi connectivity index (χ4v) is 2.46. The smallest absolute Gasteiger partial charge is 0.254 e. The molecule has 0 aliphatic rings. The molecule has 0 atom stereocenters. The summed E-state index contributed by atoms with van der Waals surface area (Å²) in [6.45, 7) is 3.82. The second-order valence-corrected chi connectivity index (χ2v) is 5.59. The number of carbonyl (C=O) groups excluding carboxylic acids is 1. The molecule has 0 aliphatic carbocycles. The van der Waals surface area contributed by atoms with Gasteiger partial charge >= 0.3 is 0 Å². The molecule has 1 amide bonds. The van der Waals surface area contributed by atoms with Crippen molar-refractivity contribution in [3.05, 3.63) is 57.3 Å². The van der Waals surface area contributed by atoms with Gasteiger partial charge in [0.15, 0.2) is 0 Å². The molecule has 0 aliphatic heterocycles. The van der Waals surface area contributed by atoms with Crippen molar-refractivity contribution in [1.29, 1.82) is 0 Å². The predicted molar refractivity (Wildman–Crippen MR) is 87.2 cm³/mol. The highest BCUT2D eigenvalue weighted by Gasteiger charge is 2.14. The topological polar surface area (TPSA) is 86.3 Å². The van der Waals surface area contributed by atoms with Crippen LogP contribution in [-0.2, 0) is 17.8 Å². The lowest BCUT2D eigenvalue weighted by atomic mass is 10.1. The molecule has 122 valence electrons. The Kier molecular flexibility index (Phi) is 5.16. The van der Waals surface area contributed by atoms with Crippen LogP contribution >= 0.6 is 0 Å². The maximum absolute atomic E-state index is 12.2. The van der Waals surface area contributed by atoms with Crippen LogP contribution < -0.4 is 5.56 Å². The number of hydrogen-bond donors (Lipinski definition) is 2. The van der Waals surface area contributed by atoms with Gasteiger partial charge in [-0.1, -0.05) is 18.2 Å². The molecule has 23 heavy (non-hydrogen) atoms. The third-order valence-corrected chi connectivity index (χ3v) is 3.75. The van der Waals surface area contributed by atoms with Gasteiger partial charge in [0, 0.05) is 36.8 Å². The number of aromatic amines is 1. The molecular formula is C17H21N3O3. The molecule has 6 heteroatoms. The summed E-state index contributed by atoms with van der Waals surface area (Å²) in [5.74, 6) is 0.647. The Morgan fingerprint density at radius 1 is 1.30 bits per heavy atom. The van der Waals surface area contributed by atoms with Gasteiger partial charge in [-0.05, 0) is 26.3 Å². The summed E-state index contributed by atoms with van der Waals surface area (Å²) >= 11 is 0. The van der Waals surface area contributed by atoms with Crippen LogP contribution in [0.15, 0.2) is 29.1 Å². The van der Waals surface area contributed by atoms with Gasteiger partial charge in [0.1, 0.15) is 11.6 Å². The van der Waals surface area contributed by atoms with Crippen LogP contribution in [0.3, 0.4) is 0 Å². The lowest BCUT2D eigenvalue weighted by Crippen LogP contribution is -2.27. The standard InChI is InChI=1S/C17H21N3O3/c1-11-14(17(23)19-12(2)18-11)8-9-16(22)20(3)10-13-6-4-5-7-15(13)21/h4-7,21H,8-10H2,1-3H3,(H,18,19,23). The van der Waals surface area contributed by atoms with Gasteiger partial charge < -0.3 is 15.0 Å². The minimum absolute atomic E-state index is 0.0902. The first-order valence-corrected chi connectivity index (χ1v) is 7.45. The zero-order valence-corrected chi connectivity index (χ0v) is 13.6. The van der Waals surface area contributed by atoms with Crippen LogP contribution in [0, 0.1) is 13.8 Å². The molecule has 0 spiro atoms. The number of carbonyl (C=O) groups is 1. The number of phenols is 1. The van der Waals surface area contributed by atoms with E-state index in [1.165, 1.54) is 0 Å². The summed E-state index contributed by atoms with van der Waals surface area (Å²) < 4.78 is 0. The molecule has 1 aromatic heterocycles. The molecule has 0 radical (unpaired) electrons. The van der Waals surface area contributed by atoms with Crippen molar-refractivity contribution in [3.8, 4) is 5.75 Å². The van der Waals surface area contributed by atoms with E-state index in [9.17, 15) is 14.7 Å². The molecule has 1 heterocycles. The molecule has 0 fully saturated rings. The Balaban J connectivity index is 2.00. The maximum atomic E-state index is 12.2. The van der Waals surface area contributed by atoms with Crippen molar-refractivity contribution in [1.82, 2.24) is 14.9 Å². The highest BCUT2D eigenvalue weighted by atomic mass is 16.3. The van der Waals surface area contributed by atoms with Crippen molar-refractivity contribution < 1.29 is 9.90 Å². The Morgan fingerprint density at radius 2 is 2.00 bits per heavy atom. The number of aromatic nitrogens is 2. The predicted octanol–water partition coefficient (Wildman–Crippen LogP) is 1.68. The van der Waals surface area contributed by atoms with E-state index in [1.54, 1.807) is 44.0 Å². The van der Waals surface area contributed by atoms with Crippen molar-refractivity contribution >= 4 is 5.91 Å². The average Bonchev–Trinajstić information content (AvgIpc) is 2.48. The number of H-pyrrole nitrogens is 1. The van der Waals surface area contributed by atoms with Gasteiger partial charge in [-0.2, -0.15) is 0 Å². The Bertz CT molecular complexity index is 768. The summed E-state index contributed by atoms with van der Waals surface area (Å²) in [7, 11) is 1.68. The number of nitrogens with zero attached hydrogens (tertiary/aromatic N) is 2. The number of aryl methyl sites for hydroxylation is 2. The molecule has 2 aromatic rings. The number of aromatic hydroxyl groups is 1. The fraction of sp³-hybridized carbons (Fsp3) is 0.353. The first-order valence-electron chi connectivity index (χ1n) is 7.45. The van der Waals surface area contributed by atoms with Gasteiger partial charge in [-0.3, -0.25) is 9.59 Å². The second-order valence-electron chi connectivity index (χ2n) is 5.59. The van der Waals surface area contributed by atoms with Crippen LogP contribution in [0.1, 0.15) is 29.1 Å². The van der Waals surface area contributed by atoms with Gasteiger partial charge in [0.25, 0.3) is 5.56 Å². The fourth-order valence-electron chi connectivity index (χ4n) is 2.46. The molecule has 0 saturated carbocycles. The number of phenolic OH excluding ortho intramolecular Hbond substituents is 1. The molecule has 6 nitrogen and oxygen atoms in total. The second kappa shape index (κ2) is 7.09. The number of nitrogens with one attached hydrogen (secondary N) is 1. The van der Waals surface area contributed by atoms with E-state index in [2.05, 4.69) is 9.97 Å². The number of hydrogen-bond acceptors (Lipinski definition) is 4. The largest absolute Gasteiger partial charge is 0.508 e. The van der Waals surface area contributed by atoms with E-state index in [-0.39, 0.29) is 23.6 Å². The van der Waals surface area contributed by atoms with Crippen LogP contribution in [0.5, 0.6) is 5.75 Å². The molecule has 2 rings (SSSR count). The van der Waals surface area contributed by atoms with Gasteiger partial charge in [0.2, 0.25) is 5.91 Å². The molecule has 0 bridgehead atoms. The Hall–Kier alpha value is -2.63. The zero-order valence-electron chi connectivity index (χ0n) is 13.6. The summed E-state index contributed by atoms with van der Waals surface area (Å²) in [5, 5.41) is 9.76. The van der Waals surface area contributed by atoms with Gasteiger partial charge in [-0.25, -0.2) is 4.98 Å². The molecule has 0 saturated heterocycles. The van der Waals surface area contributed by atoms with Crippen LogP contribution in [0.2, 0.25) is 0 Å². The quantitative estimate of drug-likeness (QED) is 0.879. The first kappa shape index (κ1) is 16.7. The van der Waals surface area contributed by atoms with Crippen LogP contribution in [0.25, 0.3) is 0 Å². The van der Waals surface area contributed by atoms with E-state index in [0.717, 1.165) is 0 Å². The number of para-hydroxylation sites is 1. The maximum Gasteiger partial charge on any atom is 0.254 e. The van der Waals surface area contributed by atoms with E-state index in [0.29, 0.717) is 35.6 Å². The minimum atomic E-state index is -0.189. The normalized spacial score (nSPS) is 10.6. The highest BCUT2D eigenvalue weighted by Crippen LogP contribution is 2.17. The van der Waals surface area contributed by atoms with Crippen molar-refractivity contribution in [2.24, 2.45) is 0 Å². The molecule has 2 N–H and O–H groups in total. The SMILES string of the molecule is Cc1nc(C)c(CCC(=O)N(C)Cc2ccccc2O)c(=O)[nH]1. The monoisotopic (exact) mass is 315 g/mol. The number of rotatable bonds is 5. The van der Waals surface area contributed by atoms with Gasteiger partial charge in [-0.15, -0.1) is 0 Å². The van der Waals surface area contributed by atoms with Crippen molar-refractivity contribution in [3.63, 3.8) is 0 Å². The van der Waals surface area contributed by atoms with E-state index < -0.39 is 0 Å². The lowest BCUT2D eigenvalue weighted by Gasteiger charge is -2.18. The molecular weight excluding hydrogens is 294 g/mol. The molecule has 1 aromatic carbocycles. The van der Waals surface area contributed by atoms with Crippen LogP contribution in [-0.4, -0.2) is 32.9 Å². The van der Waals surface area contributed by atoms with E-state index >= 15 is 0 Å². The lowest BCUT2D eigenvalue weighted by molar-refractivity contribution is -0.130. The van der Waals surface area contributed by atoms with Crippen LogP contribution in [0.4, 0.5) is 0 Å². The summed E-state index contributed by atoms with van der Waals surface area (Å²) in [6, 6.07) is 6.92. The summed E-state index contributed by atoms with van der Waals surface area (Å²) in [5.41, 5.74) is 1.70. The first-order chi connectivity index (χ1) is 10.9. The zero-order chi connectivity index (χ0) is 17.0. The third kappa shape index (κ3) is 4.18. The Labute approximate surface area is 134 Å². The third-order valence-electron chi connectivity index (χ3n) is 3.75. The minimum Gasteiger partial charge on any atom is -0.508 e. The highest BCUT2D eigenvalue weighted by molar-refractivity contribution is 5.76. The van der Waals surface area contributed by atoms with Gasteiger partial charge in [0.05, 0.1) is 0 Å². The van der Waals surface area contributed by atoms with E-state index in [1.807, 2.05) is 6.07 Å². The van der Waals surface area contributed by atoms with Crippen molar-refractivity contribution in [2.45, 2.75) is 33.2 Å².